The molecule has 0 spiro atoms. The molecular formula is C12H13N3O4S. The van der Waals surface area contributed by atoms with Gasteiger partial charge >= 0.3 is 6.01 Å². The molecule has 0 aliphatic carbocycles. The van der Waals surface area contributed by atoms with Crippen LogP contribution in [0.3, 0.4) is 0 Å². The number of rotatable bonds is 5. The van der Waals surface area contributed by atoms with Crippen LogP contribution in [0.15, 0.2) is 41.6 Å². The summed E-state index contributed by atoms with van der Waals surface area (Å²) < 4.78 is 36.4. The molecule has 0 unspecified atom stereocenters. The fourth-order valence-corrected chi connectivity index (χ4v) is 2.47. The zero-order valence-corrected chi connectivity index (χ0v) is 11.7. The van der Waals surface area contributed by atoms with E-state index in [1.165, 1.54) is 38.7 Å². The van der Waals surface area contributed by atoms with E-state index in [1.54, 1.807) is 12.1 Å². The first kappa shape index (κ1) is 14.1. The van der Waals surface area contributed by atoms with Gasteiger partial charge in [-0.2, -0.15) is 0 Å². The molecule has 1 aromatic heterocycles. The van der Waals surface area contributed by atoms with Gasteiger partial charge in [0, 0.05) is 0 Å². The van der Waals surface area contributed by atoms with Crippen LogP contribution < -0.4 is 14.2 Å². The monoisotopic (exact) mass is 295 g/mol. The highest BCUT2D eigenvalue weighted by molar-refractivity contribution is 7.92. The average molecular weight is 295 g/mol. The molecule has 0 bridgehead atoms. The standard InChI is InChI=1S/C12H13N3O4S/c1-18-10-3-5-11(6-4-10)20(16,17)15-9-7-13-12(19-2)14-8-9/h3-8,15H,1-2H3. The van der Waals surface area contributed by atoms with E-state index in [-0.39, 0.29) is 16.6 Å². The van der Waals surface area contributed by atoms with Crippen molar-refractivity contribution in [3.63, 3.8) is 0 Å². The Labute approximate surface area is 116 Å². The molecule has 106 valence electrons. The number of hydrogen-bond donors (Lipinski definition) is 1. The van der Waals surface area contributed by atoms with Crippen LogP contribution in [0.1, 0.15) is 0 Å². The summed E-state index contributed by atoms with van der Waals surface area (Å²) in [5.41, 5.74) is 0.251. The van der Waals surface area contributed by atoms with E-state index >= 15 is 0 Å². The first-order valence-corrected chi connectivity index (χ1v) is 7.06. The minimum Gasteiger partial charge on any atom is -0.497 e. The maximum absolute atomic E-state index is 12.1. The van der Waals surface area contributed by atoms with E-state index in [0.29, 0.717) is 5.75 Å². The molecule has 0 aliphatic rings. The van der Waals surface area contributed by atoms with Gasteiger partial charge in [0.1, 0.15) is 5.75 Å². The highest BCUT2D eigenvalue weighted by atomic mass is 32.2. The Bertz CT molecular complexity index is 669. The lowest BCUT2D eigenvalue weighted by molar-refractivity contribution is 0.380. The largest absolute Gasteiger partial charge is 0.497 e. The fourth-order valence-electron chi connectivity index (χ4n) is 1.44. The van der Waals surface area contributed by atoms with Gasteiger partial charge < -0.3 is 9.47 Å². The molecule has 2 aromatic rings. The second kappa shape index (κ2) is 5.74. The van der Waals surface area contributed by atoms with Gasteiger partial charge in [-0.3, -0.25) is 4.72 Å². The second-order valence-corrected chi connectivity index (χ2v) is 5.42. The lowest BCUT2D eigenvalue weighted by Crippen LogP contribution is -2.13. The number of benzene rings is 1. The maximum Gasteiger partial charge on any atom is 0.316 e. The summed E-state index contributed by atoms with van der Waals surface area (Å²) in [5, 5.41) is 0. The maximum atomic E-state index is 12.1. The van der Waals surface area contributed by atoms with Gasteiger partial charge in [0.15, 0.2) is 0 Å². The van der Waals surface area contributed by atoms with Crippen molar-refractivity contribution in [1.82, 2.24) is 9.97 Å². The third-order valence-corrected chi connectivity index (χ3v) is 3.83. The van der Waals surface area contributed by atoms with Crippen molar-refractivity contribution < 1.29 is 17.9 Å². The Hall–Kier alpha value is -2.35. The molecule has 7 nitrogen and oxygen atoms in total. The first-order valence-electron chi connectivity index (χ1n) is 5.58. The first-order chi connectivity index (χ1) is 9.55. The van der Waals surface area contributed by atoms with Gasteiger partial charge in [-0.25, -0.2) is 18.4 Å². The Morgan fingerprint density at radius 2 is 1.60 bits per heavy atom. The number of sulfonamides is 1. The van der Waals surface area contributed by atoms with Crippen molar-refractivity contribution in [3.05, 3.63) is 36.7 Å². The molecule has 0 amide bonds. The molecule has 0 saturated heterocycles. The summed E-state index contributed by atoms with van der Waals surface area (Å²) in [7, 11) is -0.747. The van der Waals surface area contributed by atoms with Crippen LogP contribution in [0.25, 0.3) is 0 Å². The molecular weight excluding hydrogens is 282 g/mol. The Morgan fingerprint density at radius 3 is 2.10 bits per heavy atom. The third kappa shape index (κ3) is 3.15. The van der Waals surface area contributed by atoms with Crippen LogP contribution in [0.2, 0.25) is 0 Å². The van der Waals surface area contributed by atoms with Crippen LogP contribution in [-0.2, 0) is 10.0 Å². The van der Waals surface area contributed by atoms with Gasteiger partial charge in [0.25, 0.3) is 10.0 Å². The molecule has 8 heteroatoms. The van der Waals surface area contributed by atoms with Gasteiger partial charge in [-0.15, -0.1) is 0 Å². The SMILES string of the molecule is COc1ccc(S(=O)(=O)Nc2cnc(OC)nc2)cc1. The number of methoxy groups -OCH3 is 2. The van der Waals surface area contributed by atoms with E-state index in [0.717, 1.165) is 0 Å². The van der Waals surface area contributed by atoms with E-state index in [2.05, 4.69) is 14.7 Å². The zero-order valence-electron chi connectivity index (χ0n) is 10.9. The highest BCUT2D eigenvalue weighted by Crippen LogP contribution is 2.18. The lowest BCUT2D eigenvalue weighted by Gasteiger charge is -2.08. The van der Waals surface area contributed by atoms with E-state index < -0.39 is 10.0 Å². The molecule has 1 N–H and O–H groups in total. The summed E-state index contributed by atoms with van der Waals surface area (Å²) in [4.78, 5) is 7.76. The Balaban J connectivity index is 2.20. The van der Waals surface area contributed by atoms with E-state index in [9.17, 15) is 8.42 Å². The second-order valence-electron chi connectivity index (χ2n) is 3.74. The van der Waals surface area contributed by atoms with Crippen LogP contribution in [0.5, 0.6) is 11.8 Å². The van der Waals surface area contributed by atoms with Crippen LogP contribution in [0, 0.1) is 0 Å². The molecule has 2 rings (SSSR count). The number of ether oxygens (including phenoxy) is 2. The zero-order chi connectivity index (χ0) is 14.6. The van der Waals surface area contributed by atoms with Crippen LogP contribution in [0.4, 0.5) is 5.69 Å². The van der Waals surface area contributed by atoms with Crippen molar-refractivity contribution in [1.29, 1.82) is 0 Å². The summed E-state index contributed by atoms with van der Waals surface area (Å²) in [6.45, 7) is 0. The van der Waals surface area contributed by atoms with Crippen LogP contribution >= 0.6 is 0 Å². The van der Waals surface area contributed by atoms with Gasteiger partial charge in [-0.1, -0.05) is 0 Å². The molecule has 0 radical (unpaired) electrons. The predicted octanol–water partition coefficient (Wildman–Crippen LogP) is 1.29. The predicted molar refractivity (Wildman–Crippen MR) is 72.4 cm³/mol. The Morgan fingerprint density at radius 1 is 1.00 bits per heavy atom. The molecule has 20 heavy (non-hydrogen) atoms. The number of aromatic nitrogens is 2. The van der Waals surface area contributed by atoms with Gasteiger partial charge in [0.05, 0.1) is 37.2 Å². The third-order valence-electron chi connectivity index (χ3n) is 2.43. The summed E-state index contributed by atoms with van der Waals surface area (Å²) in [5.74, 6) is 0.580. The summed E-state index contributed by atoms with van der Waals surface area (Å²) >= 11 is 0. The highest BCUT2D eigenvalue weighted by Gasteiger charge is 2.14. The van der Waals surface area contributed by atoms with Crippen molar-refractivity contribution in [2.75, 3.05) is 18.9 Å². The Kier molecular flexibility index (Phi) is 4.04. The topological polar surface area (TPSA) is 90.4 Å². The number of nitrogens with one attached hydrogen (secondary N) is 1. The van der Waals surface area contributed by atoms with Crippen molar-refractivity contribution in [2.24, 2.45) is 0 Å². The minimum atomic E-state index is -3.68. The average Bonchev–Trinajstić information content (AvgIpc) is 2.48. The van der Waals surface area contributed by atoms with Crippen molar-refractivity contribution in [3.8, 4) is 11.8 Å². The van der Waals surface area contributed by atoms with Crippen molar-refractivity contribution in [2.45, 2.75) is 4.90 Å². The quantitative estimate of drug-likeness (QED) is 0.894. The molecule has 0 aliphatic heterocycles. The number of nitrogens with zero attached hydrogens (tertiary/aromatic N) is 2. The van der Waals surface area contributed by atoms with Crippen molar-refractivity contribution >= 4 is 15.7 Å². The molecule has 0 fully saturated rings. The lowest BCUT2D eigenvalue weighted by atomic mass is 10.3. The molecule has 0 saturated carbocycles. The van der Waals surface area contributed by atoms with Gasteiger partial charge in [0.2, 0.25) is 0 Å². The fraction of sp³-hybridized carbons (Fsp3) is 0.167. The number of anilines is 1. The molecule has 0 atom stereocenters. The molecule has 1 heterocycles. The van der Waals surface area contributed by atoms with E-state index in [1.807, 2.05) is 0 Å². The summed E-state index contributed by atoms with van der Waals surface area (Å²) in [6, 6.07) is 6.20. The smallest absolute Gasteiger partial charge is 0.316 e. The minimum absolute atomic E-state index is 0.120. The number of hydrogen-bond acceptors (Lipinski definition) is 6. The van der Waals surface area contributed by atoms with Gasteiger partial charge in [-0.05, 0) is 24.3 Å². The summed E-state index contributed by atoms with van der Waals surface area (Å²) in [6.07, 6.45) is 2.65. The normalized spacial score (nSPS) is 10.9. The van der Waals surface area contributed by atoms with Crippen LogP contribution in [-0.4, -0.2) is 32.6 Å². The van der Waals surface area contributed by atoms with E-state index in [4.69, 9.17) is 9.47 Å². The molecule has 1 aromatic carbocycles.